The lowest BCUT2D eigenvalue weighted by atomic mass is 10.3. The maximum atomic E-state index is 12.8. The van der Waals surface area contributed by atoms with Gasteiger partial charge in [0, 0.05) is 10.7 Å². The predicted octanol–water partition coefficient (Wildman–Crippen LogP) is 3.89. The molecular formula is C12H7BrClFN2O. The molecule has 0 radical (unpaired) electrons. The Morgan fingerprint density at radius 1 is 1.33 bits per heavy atom. The molecule has 0 atom stereocenters. The Bertz CT molecular complexity index is 589. The molecule has 1 amide bonds. The number of benzene rings is 1. The van der Waals surface area contributed by atoms with Crippen molar-refractivity contribution < 1.29 is 9.18 Å². The molecule has 0 spiro atoms. The summed E-state index contributed by atoms with van der Waals surface area (Å²) in [6, 6.07) is 7.02. The van der Waals surface area contributed by atoms with Crippen LogP contribution in [0.15, 0.2) is 41.0 Å². The number of hydrogen-bond acceptors (Lipinski definition) is 2. The minimum atomic E-state index is -0.459. The van der Waals surface area contributed by atoms with Gasteiger partial charge in [-0.15, -0.1) is 0 Å². The zero-order valence-corrected chi connectivity index (χ0v) is 11.3. The first kappa shape index (κ1) is 13.0. The molecule has 0 unspecified atom stereocenters. The van der Waals surface area contributed by atoms with Crippen LogP contribution in [0.25, 0.3) is 0 Å². The second kappa shape index (κ2) is 5.46. The third-order valence-corrected chi connectivity index (χ3v) is 2.92. The normalized spacial score (nSPS) is 10.2. The molecule has 0 aliphatic rings. The van der Waals surface area contributed by atoms with E-state index in [1.54, 1.807) is 12.1 Å². The van der Waals surface area contributed by atoms with Gasteiger partial charge in [-0.05, 0) is 46.3 Å². The molecule has 0 bridgehead atoms. The smallest absolute Gasteiger partial charge is 0.274 e. The highest BCUT2D eigenvalue weighted by molar-refractivity contribution is 9.10. The van der Waals surface area contributed by atoms with Gasteiger partial charge in [-0.1, -0.05) is 11.6 Å². The number of pyridine rings is 1. The highest BCUT2D eigenvalue weighted by atomic mass is 79.9. The lowest BCUT2D eigenvalue weighted by molar-refractivity contribution is 0.102. The molecule has 6 heteroatoms. The standard InChI is InChI=1S/C12H7BrClFN2O/c13-7-1-3-11(16-6-7)12(18)17-10-4-2-8(15)5-9(10)14/h1-6H,(H,17,18). The van der Waals surface area contributed by atoms with E-state index in [9.17, 15) is 9.18 Å². The monoisotopic (exact) mass is 328 g/mol. The average Bonchev–Trinajstić information content (AvgIpc) is 2.33. The van der Waals surface area contributed by atoms with Crippen LogP contribution in [0.4, 0.5) is 10.1 Å². The Balaban J connectivity index is 2.18. The minimum Gasteiger partial charge on any atom is -0.319 e. The number of nitrogens with one attached hydrogen (secondary N) is 1. The van der Waals surface area contributed by atoms with Gasteiger partial charge in [-0.3, -0.25) is 4.79 Å². The van der Waals surface area contributed by atoms with Crippen LogP contribution in [0.2, 0.25) is 5.02 Å². The molecule has 2 rings (SSSR count). The van der Waals surface area contributed by atoms with E-state index in [1.807, 2.05) is 0 Å². The molecule has 1 aromatic carbocycles. The summed E-state index contributed by atoms with van der Waals surface area (Å²) in [6.07, 6.45) is 1.52. The van der Waals surface area contributed by atoms with Crippen LogP contribution in [0, 0.1) is 5.82 Å². The Kier molecular flexibility index (Phi) is 3.93. The number of aromatic nitrogens is 1. The quantitative estimate of drug-likeness (QED) is 0.908. The number of carbonyl (C=O) groups is 1. The van der Waals surface area contributed by atoms with Crippen LogP contribution in [-0.4, -0.2) is 10.9 Å². The van der Waals surface area contributed by atoms with E-state index in [0.717, 1.165) is 10.5 Å². The summed E-state index contributed by atoms with van der Waals surface area (Å²) in [5, 5.41) is 2.70. The van der Waals surface area contributed by atoms with Gasteiger partial charge >= 0.3 is 0 Å². The predicted molar refractivity (Wildman–Crippen MR) is 71.3 cm³/mol. The largest absolute Gasteiger partial charge is 0.319 e. The molecule has 0 saturated carbocycles. The van der Waals surface area contributed by atoms with Crippen LogP contribution >= 0.6 is 27.5 Å². The third-order valence-electron chi connectivity index (χ3n) is 2.14. The van der Waals surface area contributed by atoms with Crippen LogP contribution in [0.1, 0.15) is 10.5 Å². The molecule has 0 saturated heterocycles. The summed E-state index contributed by atoms with van der Waals surface area (Å²) in [5.74, 6) is -0.865. The maximum absolute atomic E-state index is 12.8. The van der Waals surface area contributed by atoms with E-state index in [1.165, 1.54) is 18.3 Å². The lowest BCUT2D eigenvalue weighted by Crippen LogP contribution is -2.13. The number of hydrogen-bond donors (Lipinski definition) is 1. The number of carbonyl (C=O) groups excluding carboxylic acids is 1. The van der Waals surface area contributed by atoms with Crippen molar-refractivity contribution in [2.75, 3.05) is 5.32 Å². The van der Waals surface area contributed by atoms with E-state index in [4.69, 9.17) is 11.6 Å². The summed E-state index contributed by atoms with van der Waals surface area (Å²) in [5.41, 5.74) is 0.589. The van der Waals surface area contributed by atoms with Crippen molar-refractivity contribution in [3.8, 4) is 0 Å². The Labute approximate surface area is 116 Å². The first-order chi connectivity index (χ1) is 8.56. The molecule has 1 heterocycles. The van der Waals surface area contributed by atoms with Crippen LogP contribution in [-0.2, 0) is 0 Å². The number of anilines is 1. The summed E-state index contributed by atoms with van der Waals surface area (Å²) >= 11 is 9.03. The minimum absolute atomic E-state index is 0.139. The van der Waals surface area contributed by atoms with Crippen molar-refractivity contribution >= 4 is 39.1 Å². The van der Waals surface area contributed by atoms with Gasteiger partial charge in [0.1, 0.15) is 11.5 Å². The first-order valence-corrected chi connectivity index (χ1v) is 6.11. The van der Waals surface area contributed by atoms with Gasteiger partial charge in [0.05, 0.1) is 10.7 Å². The highest BCUT2D eigenvalue weighted by Crippen LogP contribution is 2.22. The van der Waals surface area contributed by atoms with Crippen molar-refractivity contribution in [3.05, 3.63) is 57.5 Å². The number of halogens is 3. The molecule has 1 N–H and O–H groups in total. The fourth-order valence-corrected chi connectivity index (χ4v) is 1.74. The molecule has 0 aliphatic heterocycles. The van der Waals surface area contributed by atoms with Crippen LogP contribution < -0.4 is 5.32 Å². The zero-order valence-electron chi connectivity index (χ0n) is 8.95. The van der Waals surface area contributed by atoms with Gasteiger partial charge in [0.15, 0.2) is 0 Å². The topological polar surface area (TPSA) is 42.0 Å². The fraction of sp³-hybridized carbons (Fsp3) is 0. The summed E-state index contributed by atoms with van der Waals surface area (Å²) in [7, 11) is 0. The Morgan fingerprint density at radius 3 is 2.72 bits per heavy atom. The van der Waals surface area contributed by atoms with Crippen molar-refractivity contribution in [2.24, 2.45) is 0 Å². The Morgan fingerprint density at radius 2 is 2.11 bits per heavy atom. The van der Waals surface area contributed by atoms with Gasteiger partial charge in [-0.25, -0.2) is 9.37 Å². The van der Waals surface area contributed by atoms with Gasteiger partial charge in [-0.2, -0.15) is 0 Å². The number of rotatable bonds is 2. The van der Waals surface area contributed by atoms with Crippen molar-refractivity contribution in [1.29, 1.82) is 0 Å². The van der Waals surface area contributed by atoms with Crippen molar-refractivity contribution in [3.63, 3.8) is 0 Å². The maximum Gasteiger partial charge on any atom is 0.274 e. The van der Waals surface area contributed by atoms with Crippen molar-refractivity contribution in [1.82, 2.24) is 4.98 Å². The fourth-order valence-electron chi connectivity index (χ4n) is 1.29. The molecule has 3 nitrogen and oxygen atoms in total. The van der Waals surface area contributed by atoms with E-state index in [2.05, 4.69) is 26.2 Å². The summed E-state index contributed by atoms with van der Waals surface area (Å²) in [4.78, 5) is 15.8. The van der Waals surface area contributed by atoms with E-state index >= 15 is 0 Å². The second-order valence-corrected chi connectivity index (χ2v) is 4.76. The molecule has 92 valence electrons. The second-order valence-electron chi connectivity index (χ2n) is 3.44. The molecule has 2 aromatic rings. The first-order valence-electron chi connectivity index (χ1n) is 4.94. The SMILES string of the molecule is O=C(Nc1ccc(F)cc1Cl)c1ccc(Br)cn1. The highest BCUT2D eigenvalue weighted by Gasteiger charge is 2.10. The van der Waals surface area contributed by atoms with Crippen molar-refractivity contribution in [2.45, 2.75) is 0 Å². The van der Waals surface area contributed by atoms with E-state index in [-0.39, 0.29) is 10.7 Å². The average molecular weight is 330 g/mol. The summed E-state index contributed by atoms with van der Waals surface area (Å²) < 4.78 is 13.6. The van der Waals surface area contributed by atoms with Crippen LogP contribution in [0.5, 0.6) is 0 Å². The zero-order chi connectivity index (χ0) is 13.1. The molecular weight excluding hydrogens is 322 g/mol. The van der Waals surface area contributed by atoms with E-state index < -0.39 is 11.7 Å². The molecule has 0 aliphatic carbocycles. The molecule has 1 aromatic heterocycles. The van der Waals surface area contributed by atoms with Gasteiger partial charge in [0.2, 0.25) is 0 Å². The Hall–Kier alpha value is -1.46. The van der Waals surface area contributed by atoms with Gasteiger partial charge in [0.25, 0.3) is 5.91 Å². The number of amides is 1. The van der Waals surface area contributed by atoms with Crippen LogP contribution in [0.3, 0.4) is 0 Å². The molecule has 18 heavy (non-hydrogen) atoms. The number of nitrogens with zero attached hydrogens (tertiary/aromatic N) is 1. The molecule has 0 fully saturated rings. The third kappa shape index (κ3) is 3.05. The lowest BCUT2D eigenvalue weighted by Gasteiger charge is -2.06. The van der Waals surface area contributed by atoms with E-state index in [0.29, 0.717) is 5.69 Å². The van der Waals surface area contributed by atoms with Gasteiger partial charge < -0.3 is 5.32 Å². The summed E-state index contributed by atoms with van der Waals surface area (Å²) in [6.45, 7) is 0.